The molecule has 3 N–H and O–H groups in total. The monoisotopic (exact) mass is 572 g/mol. The molecule has 0 aromatic heterocycles. The molecular weight excluding hydrogens is 548 g/mol. The number of hydrogen-bond acceptors (Lipinski definition) is 5. The van der Waals surface area contributed by atoms with Crippen molar-refractivity contribution in [3.8, 4) is 5.75 Å². The van der Waals surface area contributed by atoms with Gasteiger partial charge < -0.3 is 15.0 Å². The molecule has 0 bridgehead atoms. The zero-order chi connectivity index (χ0) is 25.9. The summed E-state index contributed by atoms with van der Waals surface area (Å²) >= 11 is 3.28. The number of likely N-dealkylation sites (N-methyl/N-ethyl adjacent to an activating group) is 1. The SMILES string of the molecule is COc1ccc(N(C)C(=O)[C@]2(NC(=O)NS(=O)(=O)Nc3ccc(Br)cc3)CC2c2ccccc2)cc1. The molecule has 4 rings (SSSR count). The molecule has 11 heteroatoms. The lowest BCUT2D eigenvalue weighted by atomic mass is 10.0. The van der Waals surface area contributed by atoms with Gasteiger partial charge in [-0.15, -0.1) is 0 Å². The van der Waals surface area contributed by atoms with E-state index in [0.29, 0.717) is 17.9 Å². The van der Waals surface area contributed by atoms with Crippen molar-refractivity contribution in [1.29, 1.82) is 0 Å². The average Bonchev–Trinajstić information content (AvgIpc) is 3.59. The van der Waals surface area contributed by atoms with Gasteiger partial charge in [0.25, 0.3) is 5.91 Å². The number of carbonyl (C=O) groups excluding carboxylic acids is 2. The van der Waals surface area contributed by atoms with E-state index in [-0.39, 0.29) is 17.5 Å². The maximum Gasteiger partial charge on any atom is 0.330 e. The maximum absolute atomic E-state index is 13.7. The van der Waals surface area contributed by atoms with Gasteiger partial charge in [-0.3, -0.25) is 9.52 Å². The third-order valence-electron chi connectivity index (χ3n) is 5.97. The maximum atomic E-state index is 13.7. The lowest BCUT2D eigenvalue weighted by molar-refractivity contribution is -0.121. The highest BCUT2D eigenvalue weighted by molar-refractivity contribution is 9.10. The fraction of sp³-hybridized carbons (Fsp3) is 0.200. The normalized spacial score (nSPS) is 18.6. The van der Waals surface area contributed by atoms with Crippen LogP contribution in [0.1, 0.15) is 17.9 Å². The first kappa shape index (κ1) is 25.5. The zero-order valence-electron chi connectivity index (χ0n) is 19.6. The van der Waals surface area contributed by atoms with Gasteiger partial charge in [-0.05, 0) is 60.5 Å². The predicted molar refractivity (Wildman–Crippen MR) is 141 cm³/mol. The lowest BCUT2D eigenvalue weighted by Crippen LogP contribution is -2.55. The van der Waals surface area contributed by atoms with Gasteiger partial charge in [0.15, 0.2) is 0 Å². The Morgan fingerprint density at radius 3 is 2.25 bits per heavy atom. The summed E-state index contributed by atoms with van der Waals surface area (Å²) in [5, 5.41) is 2.65. The molecular formula is C25H25BrN4O5S. The molecule has 0 radical (unpaired) electrons. The molecule has 1 unspecified atom stereocenters. The van der Waals surface area contributed by atoms with Gasteiger partial charge in [-0.25, -0.2) is 9.52 Å². The van der Waals surface area contributed by atoms with Crippen LogP contribution in [0.15, 0.2) is 83.3 Å². The van der Waals surface area contributed by atoms with Crippen molar-refractivity contribution in [2.75, 3.05) is 23.8 Å². The van der Waals surface area contributed by atoms with Crippen LogP contribution in [0.5, 0.6) is 5.75 Å². The Kier molecular flexibility index (Phi) is 7.23. The summed E-state index contributed by atoms with van der Waals surface area (Å²) in [5.74, 6) is -0.0430. The van der Waals surface area contributed by atoms with E-state index < -0.39 is 21.8 Å². The average molecular weight is 573 g/mol. The van der Waals surface area contributed by atoms with E-state index in [0.717, 1.165) is 10.0 Å². The first-order valence-corrected chi connectivity index (χ1v) is 13.3. The highest BCUT2D eigenvalue weighted by Gasteiger charge is 2.63. The molecule has 1 saturated carbocycles. The summed E-state index contributed by atoms with van der Waals surface area (Å²) in [5.41, 5.74) is 0.431. The number of ether oxygens (including phenoxy) is 1. The number of halogens is 1. The molecule has 0 aliphatic heterocycles. The first-order chi connectivity index (χ1) is 17.1. The zero-order valence-corrected chi connectivity index (χ0v) is 22.0. The van der Waals surface area contributed by atoms with Crippen molar-refractivity contribution >= 4 is 49.5 Å². The number of carbonyl (C=O) groups is 2. The number of methoxy groups -OCH3 is 1. The number of benzene rings is 3. The number of nitrogens with one attached hydrogen (secondary N) is 3. The molecule has 3 amide bonds. The van der Waals surface area contributed by atoms with Gasteiger partial charge in [0, 0.05) is 23.1 Å². The Morgan fingerprint density at radius 1 is 1.00 bits per heavy atom. The Morgan fingerprint density at radius 2 is 1.64 bits per heavy atom. The van der Waals surface area contributed by atoms with Crippen molar-refractivity contribution in [1.82, 2.24) is 10.0 Å². The molecule has 0 heterocycles. The molecule has 1 aliphatic rings. The van der Waals surface area contributed by atoms with Gasteiger partial charge in [-0.2, -0.15) is 8.42 Å². The molecule has 1 fully saturated rings. The second-order valence-corrected chi connectivity index (χ2v) is 10.7. The molecule has 0 saturated heterocycles. The quantitative estimate of drug-likeness (QED) is 0.377. The fourth-order valence-electron chi connectivity index (χ4n) is 4.05. The van der Waals surface area contributed by atoms with Crippen LogP contribution in [0.3, 0.4) is 0 Å². The minimum absolute atomic E-state index is 0.275. The predicted octanol–water partition coefficient (Wildman–Crippen LogP) is 4.00. The van der Waals surface area contributed by atoms with Gasteiger partial charge >= 0.3 is 16.2 Å². The van der Waals surface area contributed by atoms with Crippen molar-refractivity contribution in [2.24, 2.45) is 0 Å². The Bertz CT molecular complexity index is 1350. The van der Waals surface area contributed by atoms with Crippen molar-refractivity contribution in [2.45, 2.75) is 17.9 Å². The van der Waals surface area contributed by atoms with E-state index in [1.54, 1.807) is 62.7 Å². The van der Waals surface area contributed by atoms with Crippen LogP contribution in [-0.2, 0) is 15.0 Å². The molecule has 2 atom stereocenters. The van der Waals surface area contributed by atoms with E-state index >= 15 is 0 Å². The minimum atomic E-state index is -4.25. The third kappa shape index (κ3) is 5.63. The number of anilines is 2. The van der Waals surface area contributed by atoms with Gasteiger partial charge in [-0.1, -0.05) is 46.3 Å². The molecule has 1 aliphatic carbocycles. The second kappa shape index (κ2) is 10.2. The summed E-state index contributed by atoms with van der Waals surface area (Å²) in [6.45, 7) is 0. The van der Waals surface area contributed by atoms with Crippen molar-refractivity contribution in [3.05, 3.63) is 88.9 Å². The van der Waals surface area contributed by atoms with E-state index in [2.05, 4.69) is 26.0 Å². The largest absolute Gasteiger partial charge is 0.497 e. The van der Waals surface area contributed by atoms with E-state index in [4.69, 9.17) is 4.74 Å². The molecule has 9 nitrogen and oxygen atoms in total. The number of amides is 3. The summed E-state index contributed by atoms with van der Waals surface area (Å²) in [7, 11) is -1.09. The van der Waals surface area contributed by atoms with Crippen LogP contribution in [0.2, 0.25) is 0 Å². The summed E-state index contributed by atoms with van der Waals surface area (Å²) in [6, 6.07) is 21.6. The van der Waals surface area contributed by atoms with Crippen LogP contribution in [0.4, 0.5) is 16.2 Å². The molecule has 36 heavy (non-hydrogen) atoms. The highest BCUT2D eigenvalue weighted by Crippen LogP contribution is 2.52. The van der Waals surface area contributed by atoms with Gasteiger partial charge in [0.2, 0.25) is 0 Å². The first-order valence-electron chi connectivity index (χ1n) is 11.0. The summed E-state index contributed by atoms with van der Waals surface area (Å²) in [6.07, 6.45) is 0.323. The molecule has 3 aromatic carbocycles. The third-order valence-corrected chi connectivity index (χ3v) is 7.46. The van der Waals surface area contributed by atoms with E-state index in [1.807, 2.05) is 35.1 Å². The van der Waals surface area contributed by atoms with Crippen molar-refractivity contribution < 1.29 is 22.7 Å². The van der Waals surface area contributed by atoms with Crippen LogP contribution in [0, 0.1) is 0 Å². The van der Waals surface area contributed by atoms with Crippen LogP contribution < -0.4 is 24.4 Å². The Labute approximate surface area is 218 Å². The summed E-state index contributed by atoms with van der Waals surface area (Å²) < 4.78 is 35.3. The molecule has 188 valence electrons. The standard InChI is InChI=1S/C25H25BrN4O5S/c1-30(20-12-14-21(35-2)15-13-20)23(31)25(16-22(25)17-6-4-3-5-7-17)27-24(32)29-36(33,34)28-19-10-8-18(26)9-11-19/h3-15,22,28H,16H2,1-2H3,(H2,27,29,32)/t22?,25-/m0/s1. The molecule has 3 aromatic rings. The van der Waals surface area contributed by atoms with Gasteiger partial charge in [0.05, 0.1) is 12.8 Å². The molecule has 0 spiro atoms. The smallest absolute Gasteiger partial charge is 0.330 e. The highest BCUT2D eigenvalue weighted by atomic mass is 79.9. The van der Waals surface area contributed by atoms with Crippen LogP contribution in [-0.4, -0.2) is 40.1 Å². The van der Waals surface area contributed by atoms with E-state index in [1.165, 1.54) is 4.90 Å². The number of hydrogen-bond donors (Lipinski definition) is 3. The second-order valence-electron chi connectivity index (χ2n) is 8.37. The Balaban J connectivity index is 1.54. The number of nitrogens with zero attached hydrogens (tertiary/aromatic N) is 1. The summed E-state index contributed by atoms with van der Waals surface area (Å²) in [4.78, 5) is 28.0. The van der Waals surface area contributed by atoms with Crippen LogP contribution in [0.25, 0.3) is 0 Å². The lowest BCUT2D eigenvalue weighted by Gasteiger charge is -2.26. The Hall–Kier alpha value is -3.57. The van der Waals surface area contributed by atoms with E-state index in [9.17, 15) is 18.0 Å². The van der Waals surface area contributed by atoms with Gasteiger partial charge in [0.1, 0.15) is 11.3 Å². The minimum Gasteiger partial charge on any atom is -0.497 e. The number of urea groups is 1. The van der Waals surface area contributed by atoms with Crippen LogP contribution >= 0.6 is 15.9 Å². The topological polar surface area (TPSA) is 117 Å². The fourth-order valence-corrected chi connectivity index (χ4v) is 5.11. The number of rotatable bonds is 8. The van der Waals surface area contributed by atoms with Crippen molar-refractivity contribution in [3.63, 3.8) is 0 Å².